The minimum Gasteiger partial charge on any atom is -0.385 e. The van der Waals surface area contributed by atoms with E-state index >= 15 is 0 Å². The number of aromatic nitrogens is 5. The van der Waals surface area contributed by atoms with Crippen LogP contribution < -0.4 is 0 Å². The predicted molar refractivity (Wildman–Crippen MR) is 65.7 cm³/mol. The average Bonchev–Trinajstić information content (AvgIpc) is 2.78. The van der Waals surface area contributed by atoms with E-state index in [1.807, 2.05) is 6.92 Å². The summed E-state index contributed by atoms with van der Waals surface area (Å²) in [5.41, 5.74) is 0.972. The van der Waals surface area contributed by atoms with Gasteiger partial charge in [0.1, 0.15) is 18.3 Å². The Balaban J connectivity index is 2.08. The van der Waals surface area contributed by atoms with E-state index in [0.717, 1.165) is 24.4 Å². The maximum atomic E-state index is 10.1. The molecular formula is C12H17N5O. The summed E-state index contributed by atoms with van der Waals surface area (Å²) in [7, 11) is 0. The first-order valence-corrected chi connectivity index (χ1v) is 6.04. The van der Waals surface area contributed by atoms with Crippen LogP contribution in [0.15, 0.2) is 18.7 Å². The first-order chi connectivity index (χ1) is 8.70. The third kappa shape index (κ3) is 2.89. The highest BCUT2D eigenvalue weighted by Crippen LogP contribution is 2.13. The number of nitrogens with zero attached hydrogens (tertiary/aromatic N) is 5. The number of aliphatic hydroxyl groups excluding tert-OH is 1. The molecule has 0 aliphatic heterocycles. The van der Waals surface area contributed by atoms with Gasteiger partial charge in [-0.15, -0.1) is 0 Å². The van der Waals surface area contributed by atoms with Gasteiger partial charge in [0.15, 0.2) is 5.82 Å². The van der Waals surface area contributed by atoms with Crippen LogP contribution in [0, 0.1) is 6.92 Å². The maximum absolute atomic E-state index is 10.1. The Morgan fingerprint density at radius 2 is 2.00 bits per heavy atom. The Labute approximate surface area is 106 Å². The number of aryl methyl sites for hydroxylation is 2. The average molecular weight is 247 g/mol. The highest BCUT2D eigenvalue weighted by atomic mass is 16.3. The zero-order valence-corrected chi connectivity index (χ0v) is 10.6. The topological polar surface area (TPSA) is 76.7 Å². The summed E-state index contributed by atoms with van der Waals surface area (Å²) in [5.74, 6) is 1.18. The number of hydrogen-bond acceptors (Lipinski definition) is 5. The van der Waals surface area contributed by atoms with Crippen molar-refractivity contribution >= 4 is 0 Å². The van der Waals surface area contributed by atoms with Gasteiger partial charge >= 0.3 is 0 Å². The zero-order chi connectivity index (χ0) is 13.0. The van der Waals surface area contributed by atoms with E-state index in [1.165, 1.54) is 6.33 Å². The lowest BCUT2D eigenvalue weighted by Gasteiger charge is -2.09. The summed E-state index contributed by atoms with van der Waals surface area (Å²) in [6, 6.07) is 0. The second kappa shape index (κ2) is 5.68. The van der Waals surface area contributed by atoms with Gasteiger partial charge in [0.25, 0.3) is 0 Å². The van der Waals surface area contributed by atoms with Gasteiger partial charge in [0.05, 0.1) is 0 Å². The van der Waals surface area contributed by atoms with E-state index in [2.05, 4.69) is 27.0 Å². The molecule has 2 heterocycles. The minimum absolute atomic E-state index is 0.378. The molecule has 18 heavy (non-hydrogen) atoms. The van der Waals surface area contributed by atoms with Gasteiger partial charge in [-0.05, 0) is 18.9 Å². The van der Waals surface area contributed by atoms with Gasteiger partial charge in [0.2, 0.25) is 0 Å². The van der Waals surface area contributed by atoms with Crippen molar-refractivity contribution in [3.63, 3.8) is 0 Å². The number of rotatable bonds is 5. The van der Waals surface area contributed by atoms with E-state index in [1.54, 1.807) is 17.1 Å². The molecule has 0 spiro atoms. The van der Waals surface area contributed by atoms with Gasteiger partial charge in [0, 0.05) is 25.4 Å². The summed E-state index contributed by atoms with van der Waals surface area (Å²) in [4.78, 5) is 12.4. The SMILES string of the molecule is CCCn1ncnc1CC(O)c1ncc(C)cn1. The summed E-state index contributed by atoms with van der Waals surface area (Å²) < 4.78 is 1.80. The quantitative estimate of drug-likeness (QED) is 0.855. The van der Waals surface area contributed by atoms with Gasteiger partial charge in [-0.2, -0.15) is 5.10 Å². The molecule has 2 aromatic rings. The normalized spacial score (nSPS) is 12.6. The van der Waals surface area contributed by atoms with Crippen molar-refractivity contribution in [1.29, 1.82) is 0 Å². The molecule has 1 unspecified atom stereocenters. The van der Waals surface area contributed by atoms with E-state index in [4.69, 9.17) is 0 Å². The molecule has 2 aromatic heterocycles. The van der Waals surface area contributed by atoms with Crippen LogP contribution in [-0.4, -0.2) is 29.8 Å². The molecule has 2 rings (SSSR count). The van der Waals surface area contributed by atoms with Crippen LogP contribution in [0.4, 0.5) is 0 Å². The van der Waals surface area contributed by atoms with Crippen LogP contribution in [0.5, 0.6) is 0 Å². The van der Waals surface area contributed by atoms with Crippen LogP contribution in [-0.2, 0) is 13.0 Å². The molecule has 0 saturated carbocycles. The van der Waals surface area contributed by atoms with Crippen LogP contribution in [0.3, 0.4) is 0 Å². The molecule has 0 fully saturated rings. The van der Waals surface area contributed by atoms with Crippen molar-refractivity contribution in [1.82, 2.24) is 24.7 Å². The van der Waals surface area contributed by atoms with Crippen molar-refractivity contribution < 1.29 is 5.11 Å². The molecule has 0 amide bonds. The van der Waals surface area contributed by atoms with E-state index in [9.17, 15) is 5.11 Å². The molecule has 0 aliphatic rings. The highest BCUT2D eigenvalue weighted by molar-refractivity contribution is 5.04. The fourth-order valence-electron chi connectivity index (χ4n) is 1.68. The Morgan fingerprint density at radius 3 is 2.67 bits per heavy atom. The lowest BCUT2D eigenvalue weighted by molar-refractivity contribution is 0.164. The van der Waals surface area contributed by atoms with Gasteiger partial charge in [-0.1, -0.05) is 6.92 Å². The van der Waals surface area contributed by atoms with Crippen molar-refractivity contribution in [3.05, 3.63) is 35.9 Å². The molecule has 96 valence electrons. The molecule has 0 radical (unpaired) electrons. The van der Waals surface area contributed by atoms with Gasteiger partial charge < -0.3 is 5.11 Å². The van der Waals surface area contributed by atoms with E-state index in [0.29, 0.717) is 12.2 Å². The summed E-state index contributed by atoms with van der Waals surface area (Å²) in [5, 5.41) is 14.2. The smallest absolute Gasteiger partial charge is 0.157 e. The standard InChI is InChI=1S/C12H17N5O/c1-3-4-17-11(15-8-16-17)5-10(18)12-13-6-9(2)7-14-12/h6-8,10,18H,3-5H2,1-2H3. The monoisotopic (exact) mass is 247 g/mol. The third-order valence-corrected chi connectivity index (χ3v) is 2.61. The van der Waals surface area contributed by atoms with Crippen LogP contribution in [0.2, 0.25) is 0 Å². The summed E-state index contributed by atoms with van der Waals surface area (Å²) in [6.45, 7) is 4.79. The van der Waals surface area contributed by atoms with Gasteiger partial charge in [-0.25, -0.2) is 15.0 Å². The fourth-order valence-corrected chi connectivity index (χ4v) is 1.68. The molecule has 6 nitrogen and oxygen atoms in total. The first kappa shape index (κ1) is 12.6. The Hall–Kier alpha value is -1.82. The highest BCUT2D eigenvalue weighted by Gasteiger charge is 2.15. The van der Waals surface area contributed by atoms with Crippen LogP contribution in [0.1, 0.15) is 36.7 Å². The molecule has 0 saturated heterocycles. The number of hydrogen-bond donors (Lipinski definition) is 1. The van der Waals surface area contributed by atoms with Crippen LogP contribution >= 0.6 is 0 Å². The second-order valence-corrected chi connectivity index (χ2v) is 4.24. The lowest BCUT2D eigenvalue weighted by Crippen LogP contribution is -2.12. The Bertz CT molecular complexity index is 493. The van der Waals surface area contributed by atoms with Crippen molar-refractivity contribution in [2.24, 2.45) is 0 Å². The molecule has 1 atom stereocenters. The first-order valence-electron chi connectivity index (χ1n) is 6.04. The zero-order valence-electron chi connectivity index (χ0n) is 10.6. The van der Waals surface area contributed by atoms with E-state index in [-0.39, 0.29) is 0 Å². The molecule has 1 N–H and O–H groups in total. The second-order valence-electron chi connectivity index (χ2n) is 4.24. The molecule has 6 heteroatoms. The van der Waals surface area contributed by atoms with Crippen molar-refractivity contribution in [3.8, 4) is 0 Å². The maximum Gasteiger partial charge on any atom is 0.157 e. The molecular weight excluding hydrogens is 230 g/mol. The number of aliphatic hydroxyl groups is 1. The largest absolute Gasteiger partial charge is 0.385 e. The van der Waals surface area contributed by atoms with Crippen molar-refractivity contribution in [2.45, 2.75) is 39.3 Å². The fraction of sp³-hybridized carbons (Fsp3) is 0.500. The van der Waals surface area contributed by atoms with Crippen molar-refractivity contribution in [2.75, 3.05) is 0 Å². The summed E-state index contributed by atoms with van der Waals surface area (Å²) in [6.07, 6.45) is 5.51. The lowest BCUT2D eigenvalue weighted by atomic mass is 10.2. The van der Waals surface area contributed by atoms with E-state index < -0.39 is 6.10 Å². The molecule has 0 aliphatic carbocycles. The van der Waals surface area contributed by atoms with Gasteiger partial charge in [-0.3, -0.25) is 4.68 Å². The molecule has 0 bridgehead atoms. The predicted octanol–water partition coefficient (Wildman–Crippen LogP) is 1.06. The molecule has 0 aromatic carbocycles. The van der Waals surface area contributed by atoms with Crippen LogP contribution in [0.25, 0.3) is 0 Å². The minimum atomic E-state index is -0.745. The summed E-state index contributed by atoms with van der Waals surface area (Å²) >= 11 is 0. The third-order valence-electron chi connectivity index (χ3n) is 2.61. The Kier molecular flexibility index (Phi) is 3.99. The Morgan fingerprint density at radius 1 is 1.28 bits per heavy atom.